The van der Waals surface area contributed by atoms with Gasteiger partial charge in [0.25, 0.3) is 0 Å². The first-order valence-electron chi connectivity index (χ1n) is 4.56. The van der Waals surface area contributed by atoms with E-state index in [0.717, 1.165) is 0 Å². The van der Waals surface area contributed by atoms with Gasteiger partial charge in [-0.05, 0) is 11.8 Å². The molecular weight excluding hydrogens is 184 g/mol. The van der Waals surface area contributed by atoms with E-state index in [1.165, 1.54) is 7.11 Å². The van der Waals surface area contributed by atoms with Crippen molar-refractivity contribution in [2.45, 2.75) is 33.6 Å². The van der Waals surface area contributed by atoms with Crippen LogP contribution in [0, 0.1) is 11.3 Å². The zero-order valence-electron chi connectivity index (χ0n) is 9.16. The van der Waals surface area contributed by atoms with Gasteiger partial charge >= 0.3 is 11.9 Å². The number of hydrogen-bond donors (Lipinski definition) is 1. The van der Waals surface area contributed by atoms with Crippen molar-refractivity contribution in [1.29, 1.82) is 0 Å². The number of esters is 1. The van der Waals surface area contributed by atoms with Gasteiger partial charge in [-0.2, -0.15) is 0 Å². The number of rotatable bonds is 4. The Kier molecular flexibility index (Phi) is 4.60. The molecule has 14 heavy (non-hydrogen) atoms. The van der Waals surface area contributed by atoms with Crippen LogP contribution in [0.5, 0.6) is 0 Å². The molecule has 1 N–H and O–H groups in total. The van der Waals surface area contributed by atoms with Gasteiger partial charge in [-0.3, -0.25) is 9.59 Å². The molecule has 0 aromatic carbocycles. The highest BCUT2D eigenvalue weighted by Crippen LogP contribution is 2.27. The molecule has 0 bridgehead atoms. The second-order valence-corrected chi connectivity index (χ2v) is 4.58. The van der Waals surface area contributed by atoms with Gasteiger partial charge in [0, 0.05) is 0 Å². The van der Waals surface area contributed by atoms with Crippen molar-refractivity contribution in [3.05, 3.63) is 0 Å². The normalized spacial score (nSPS) is 13.4. The SMILES string of the molecule is COC(=O)[C@@H](CC(=O)O)CC(C)(C)C. The quantitative estimate of drug-likeness (QED) is 0.704. The fourth-order valence-corrected chi connectivity index (χ4v) is 1.36. The highest BCUT2D eigenvalue weighted by atomic mass is 16.5. The molecule has 0 aliphatic heterocycles. The number of aliphatic carboxylic acids is 1. The fraction of sp³-hybridized carbons (Fsp3) is 0.800. The molecule has 82 valence electrons. The Morgan fingerprint density at radius 2 is 1.86 bits per heavy atom. The van der Waals surface area contributed by atoms with E-state index in [4.69, 9.17) is 5.11 Å². The summed E-state index contributed by atoms with van der Waals surface area (Å²) in [4.78, 5) is 21.7. The second-order valence-electron chi connectivity index (χ2n) is 4.58. The zero-order chi connectivity index (χ0) is 11.4. The van der Waals surface area contributed by atoms with Crippen LogP contribution in [-0.2, 0) is 14.3 Å². The van der Waals surface area contributed by atoms with Crippen molar-refractivity contribution in [3.63, 3.8) is 0 Å². The van der Waals surface area contributed by atoms with Gasteiger partial charge < -0.3 is 9.84 Å². The number of carbonyl (C=O) groups excluding carboxylic acids is 1. The van der Waals surface area contributed by atoms with Gasteiger partial charge in [0.2, 0.25) is 0 Å². The topological polar surface area (TPSA) is 63.6 Å². The van der Waals surface area contributed by atoms with Gasteiger partial charge in [0.1, 0.15) is 0 Å². The molecule has 1 atom stereocenters. The number of carboxylic acid groups (broad SMARTS) is 1. The summed E-state index contributed by atoms with van der Waals surface area (Å²) in [6.45, 7) is 5.89. The van der Waals surface area contributed by atoms with E-state index >= 15 is 0 Å². The molecule has 0 saturated carbocycles. The number of ether oxygens (including phenoxy) is 1. The molecule has 0 radical (unpaired) electrons. The van der Waals surface area contributed by atoms with Crippen LogP contribution in [0.2, 0.25) is 0 Å². The van der Waals surface area contributed by atoms with Gasteiger partial charge in [-0.15, -0.1) is 0 Å². The summed E-state index contributed by atoms with van der Waals surface area (Å²) in [5.41, 5.74) is -0.0751. The van der Waals surface area contributed by atoms with Crippen molar-refractivity contribution >= 4 is 11.9 Å². The van der Waals surface area contributed by atoms with Gasteiger partial charge in [-0.1, -0.05) is 20.8 Å². The van der Waals surface area contributed by atoms with E-state index in [2.05, 4.69) is 4.74 Å². The Labute approximate surface area is 84.3 Å². The average Bonchev–Trinajstić information content (AvgIpc) is 1.98. The van der Waals surface area contributed by atoms with E-state index in [0.29, 0.717) is 6.42 Å². The van der Waals surface area contributed by atoms with Crippen molar-refractivity contribution < 1.29 is 19.4 Å². The molecule has 4 nitrogen and oxygen atoms in total. The maximum absolute atomic E-state index is 11.2. The molecule has 0 aromatic rings. The standard InChI is InChI=1S/C10H18O4/c1-10(2,3)6-7(5-8(11)12)9(13)14-4/h7H,5-6H2,1-4H3,(H,11,12)/t7-/m0/s1. The molecule has 0 unspecified atom stereocenters. The van der Waals surface area contributed by atoms with E-state index in [9.17, 15) is 9.59 Å². The monoisotopic (exact) mass is 202 g/mol. The Balaban J connectivity index is 4.40. The lowest BCUT2D eigenvalue weighted by Gasteiger charge is -2.23. The van der Waals surface area contributed by atoms with Crippen LogP contribution in [0.25, 0.3) is 0 Å². The molecule has 0 amide bonds. The number of carboxylic acids is 1. The molecule has 0 heterocycles. The Morgan fingerprint density at radius 1 is 1.36 bits per heavy atom. The summed E-state index contributed by atoms with van der Waals surface area (Å²) >= 11 is 0. The number of methoxy groups -OCH3 is 1. The summed E-state index contributed by atoms with van der Waals surface area (Å²) < 4.78 is 4.56. The predicted octanol–water partition coefficient (Wildman–Crippen LogP) is 1.69. The minimum Gasteiger partial charge on any atom is -0.481 e. The largest absolute Gasteiger partial charge is 0.481 e. The summed E-state index contributed by atoms with van der Waals surface area (Å²) in [5.74, 6) is -1.95. The van der Waals surface area contributed by atoms with Crippen molar-refractivity contribution in [1.82, 2.24) is 0 Å². The molecule has 0 rings (SSSR count). The smallest absolute Gasteiger partial charge is 0.309 e. The first-order chi connectivity index (χ1) is 6.26. The number of carbonyl (C=O) groups is 2. The van der Waals surface area contributed by atoms with Crippen LogP contribution in [0.4, 0.5) is 0 Å². The average molecular weight is 202 g/mol. The van der Waals surface area contributed by atoms with Crippen LogP contribution >= 0.6 is 0 Å². The third-order valence-corrected chi connectivity index (χ3v) is 1.81. The van der Waals surface area contributed by atoms with E-state index < -0.39 is 17.9 Å². The van der Waals surface area contributed by atoms with Crippen molar-refractivity contribution in [3.8, 4) is 0 Å². The summed E-state index contributed by atoms with van der Waals surface area (Å²) in [7, 11) is 1.28. The third-order valence-electron chi connectivity index (χ3n) is 1.81. The van der Waals surface area contributed by atoms with Crippen LogP contribution < -0.4 is 0 Å². The molecule has 0 aliphatic carbocycles. The summed E-state index contributed by atoms with van der Waals surface area (Å²) in [6.07, 6.45) is 0.357. The van der Waals surface area contributed by atoms with Gasteiger partial charge in [0.15, 0.2) is 0 Å². The highest BCUT2D eigenvalue weighted by Gasteiger charge is 2.27. The lowest BCUT2D eigenvalue weighted by atomic mass is 9.83. The Morgan fingerprint density at radius 3 is 2.14 bits per heavy atom. The lowest BCUT2D eigenvalue weighted by molar-refractivity contribution is -0.151. The highest BCUT2D eigenvalue weighted by molar-refractivity contribution is 5.78. The van der Waals surface area contributed by atoms with Crippen LogP contribution in [0.1, 0.15) is 33.6 Å². The third kappa shape index (κ3) is 5.56. The van der Waals surface area contributed by atoms with Crippen LogP contribution in [0.15, 0.2) is 0 Å². The molecular formula is C10H18O4. The number of hydrogen-bond acceptors (Lipinski definition) is 3. The van der Waals surface area contributed by atoms with Crippen LogP contribution in [0.3, 0.4) is 0 Å². The lowest BCUT2D eigenvalue weighted by Crippen LogP contribution is -2.24. The molecule has 0 fully saturated rings. The summed E-state index contributed by atoms with van der Waals surface area (Å²) in [6, 6.07) is 0. The first kappa shape index (κ1) is 12.9. The van der Waals surface area contributed by atoms with Crippen molar-refractivity contribution in [2.75, 3.05) is 7.11 Å². The molecule has 4 heteroatoms. The van der Waals surface area contributed by atoms with Gasteiger partial charge in [-0.25, -0.2) is 0 Å². The summed E-state index contributed by atoms with van der Waals surface area (Å²) in [5, 5.41) is 8.62. The second kappa shape index (κ2) is 4.98. The maximum atomic E-state index is 11.2. The van der Waals surface area contributed by atoms with E-state index in [1.54, 1.807) is 0 Å². The Bertz CT molecular complexity index is 215. The maximum Gasteiger partial charge on any atom is 0.309 e. The Hall–Kier alpha value is -1.06. The molecule has 0 spiro atoms. The minimum atomic E-state index is -0.968. The van der Waals surface area contributed by atoms with E-state index in [-0.39, 0.29) is 11.8 Å². The first-order valence-corrected chi connectivity index (χ1v) is 4.56. The van der Waals surface area contributed by atoms with Gasteiger partial charge in [0.05, 0.1) is 19.4 Å². The van der Waals surface area contributed by atoms with Crippen LogP contribution in [-0.4, -0.2) is 24.2 Å². The molecule has 0 aliphatic rings. The van der Waals surface area contributed by atoms with E-state index in [1.807, 2.05) is 20.8 Å². The fourth-order valence-electron chi connectivity index (χ4n) is 1.36. The zero-order valence-corrected chi connectivity index (χ0v) is 9.16. The van der Waals surface area contributed by atoms with Crippen molar-refractivity contribution in [2.24, 2.45) is 11.3 Å². The molecule has 0 aromatic heterocycles. The predicted molar refractivity (Wildman–Crippen MR) is 51.8 cm³/mol. The molecule has 0 saturated heterocycles. The minimum absolute atomic E-state index is 0.0751.